The van der Waals surface area contributed by atoms with Gasteiger partial charge < -0.3 is 9.72 Å². The SMILES string of the molecule is COc1c([C@@H]2CCC(F)(F)CC2c2cc(=O)c3c(S(C)(=N)=O)nccc3[nH]2)ccc(F)c1F. The number of halogens is 4. The maximum Gasteiger partial charge on any atom is 0.248 e. The van der Waals surface area contributed by atoms with Gasteiger partial charge in [-0.2, -0.15) is 4.39 Å². The molecule has 1 aliphatic carbocycles. The molecule has 0 spiro atoms. The van der Waals surface area contributed by atoms with Gasteiger partial charge in [0.2, 0.25) is 11.7 Å². The number of hydrogen-bond acceptors (Lipinski definition) is 5. The first kappa shape index (κ1) is 23.2. The van der Waals surface area contributed by atoms with Gasteiger partial charge in [-0.25, -0.2) is 27.1 Å². The van der Waals surface area contributed by atoms with Crippen molar-refractivity contribution in [2.45, 2.75) is 42.0 Å². The van der Waals surface area contributed by atoms with E-state index in [0.29, 0.717) is 0 Å². The molecule has 2 N–H and O–H groups in total. The highest BCUT2D eigenvalue weighted by Crippen LogP contribution is 2.51. The van der Waals surface area contributed by atoms with Gasteiger partial charge in [0, 0.05) is 48.5 Å². The van der Waals surface area contributed by atoms with Crippen LogP contribution in [0, 0.1) is 16.4 Å². The van der Waals surface area contributed by atoms with Crippen molar-refractivity contribution in [1.82, 2.24) is 9.97 Å². The number of hydrogen-bond donors (Lipinski definition) is 2. The quantitative estimate of drug-likeness (QED) is 0.515. The number of alkyl halides is 2. The summed E-state index contributed by atoms with van der Waals surface area (Å²) < 4.78 is 82.2. The van der Waals surface area contributed by atoms with E-state index in [9.17, 15) is 26.6 Å². The second-order valence-corrected chi connectivity index (χ2v) is 10.3. The topological polar surface area (TPSA) is 95.9 Å². The van der Waals surface area contributed by atoms with E-state index in [0.717, 1.165) is 18.4 Å². The molecule has 11 heteroatoms. The molecule has 0 radical (unpaired) electrons. The number of fused-ring (bicyclic) bond motifs is 1. The second-order valence-electron chi connectivity index (χ2n) is 8.27. The van der Waals surface area contributed by atoms with Crippen molar-refractivity contribution >= 4 is 20.6 Å². The number of nitrogens with one attached hydrogen (secondary N) is 2. The minimum absolute atomic E-state index is 0.0454. The highest BCUT2D eigenvalue weighted by atomic mass is 32.2. The monoisotopic (exact) mass is 483 g/mol. The molecular weight excluding hydrogens is 462 g/mol. The molecule has 0 aliphatic heterocycles. The first-order valence-corrected chi connectivity index (χ1v) is 12.0. The molecule has 2 unspecified atom stereocenters. The number of H-pyrrole nitrogens is 1. The Morgan fingerprint density at radius 2 is 1.97 bits per heavy atom. The minimum atomic E-state index is -3.32. The Morgan fingerprint density at radius 1 is 1.24 bits per heavy atom. The first-order chi connectivity index (χ1) is 15.4. The lowest BCUT2D eigenvalue weighted by Crippen LogP contribution is -2.31. The van der Waals surface area contributed by atoms with Gasteiger partial charge in [0.1, 0.15) is 5.03 Å². The lowest BCUT2D eigenvalue weighted by Gasteiger charge is -2.37. The summed E-state index contributed by atoms with van der Waals surface area (Å²) >= 11 is 0. The van der Waals surface area contributed by atoms with Crippen LogP contribution in [0.15, 0.2) is 40.3 Å². The van der Waals surface area contributed by atoms with Crippen molar-refractivity contribution in [2.24, 2.45) is 0 Å². The number of ether oxygens (including phenoxy) is 1. The molecule has 2 heterocycles. The zero-order valence-electron chi connectivity index (χ0n) is 17.8. The van der Waals surface area contributed by atoms with Crippen molar-refractivity contribution in [3.63, 3.8) is 0 Å². The molecule has 6 nitrogen and oxygen atoms in total. The molecular formula is C22H21F4N3O3S. The van der Waals surface area contributed by atoms with Crippen LogP contribution < -0.4 is 10.2 Å². The third kappa shape index (κ3) is 4.21. The number of nitrogens with zero attached hydrogens (tertiary/aromatic N) is 1. The van der Waals surface area contributed by atoms with Crippen LogP contribution in [0.25, 0.3) is 10.9 Å². The van der Waals surface area contributed by atoms with Crippen LogP contribution in [0.5, 0.6) is 5.75 Å². The van der Waals surface area contributed by atoms with Crippen molar-refractivity contribution < 1.29 is 26.5 Å². The van der Waals surface area contributed by atoms with Crippen LogP contribution in [0.4, 0.5) is 17.6 Å². The number of pyridine rings is 2. The number of rotatable bonds is 4. The van der Waals surface area contributed by atoms with Crippen LogP contribution in [0.1, 0.15) is 42.4 Å². The van der Waals surface area contributed by atoms with E-state index in [1.807, 2.05) is 0 Å². The summed E-state index contributed by atoms with van der Waals surface area (Å²) in [7, 11) is -2.15. The number of benzene rings is 1. The van der Waals surface area contributed by atoms with E-state index in [1.54, 1.807) is 0 Å². The molecule has 1 saturated carbocycles. The fourth-order valence-electron chi connectivity index (χ4n) is 4.56. The average Bonchev–Trinajstić information content (AvgIpc) is 2.74. The summed E-state index contributed by atoms with van der Waals surface area (Å²) in [5.74, 6) is -7.34. The van der Waals surface area contributed by atoms with E-state index in [1.165, 1.54) is 25.4 Å². The summed E-state index contributed by atoms with van der Waals surface area (Å²) in [6.45, 7) is 0. The number of aromatic amines is 1. The molecule has 3 aromatic rings. The number of methoxy groups -OCH3 is 1. The van der Waals surface area contributed by atoms with Gasteiger partial charge in [0.25, 0.3) is 0 Å². The average molecular weight is 483 g/mol. The van der Waals surface area contributed by atoms with Crippen molar-refractivity contribution in [1.29, 1.82) is 4.78 Å². The molecule has 4 rings (SSSR count). The lowest BCUT2D eigenvalue weighted by atomic mass is 9.72. The highest BCUT2D eigenvalue weighted by molar-refractivity contribution is 7.91. The summed E-state index contributed by atoms with van der Waals surface area (Å²) in [4.78, 5) is 19.8. The van der Waals surface area contributed by atoms with Crippen molar-refractivity contribution in [2.75, 3.05) is 13.4 Å². The largest absolute Gasteiger partial charge is 0.493 e. The lowest BCUT2D eigenvalue weighted by molar-refractivity contribution is -0.0466. The van der Waals surface area contributed by atoms with E-state index < -0.39 is 57.4 Å². The fraction of sp³-hybridized carbons (Fsp3) is 0.364. The van der Waals surface area contributed by atoms with E-state index in [-0.39, 0.29) is 39.4 Å². The Hall–Kier alpha value is -2.95. The van der Waals surface area contributed by atoms with E-state index in [4.69, 9.17) is 9.52 Å². The van der Waals surface area contributed by atoms with Gasteiger partial charge in [-0.05, 0) is 24.5 Å². The molecule has 0 amide bonds. The predicted molar refractivity (Wildman–Crippen MR) is 115 cm³/mol. The molecule has 1 aliphatic rings. The minimum Gasteiger partial charge on any atom is -0.493 e. The van der Waals surface area contributed by atoms with Crippen molar-refractivity contribution in [3.8, 4) is 5.75 Å². The Bertz CT molecular complexity index is 1410. The van der Waals surface area contributed by atoms with Gasteiger partial charge in [-0.3, -0.25) is 4.79 Å². The highest BCUT2D eigenvalue weighted by Gasteiger charge is 2.44. The van der Waals surface area contributed by atoms with Gasteiger partial charge in [0.05, 0.1) is 27.7 Å². The third-order valence-electron chi connectivity index (χ3n) is 6.01. The molecule has 2 aromatic heterocycles. The van der Waals surface area contributed by atoms with E-state index in [2.05, 4.69) is 9.97 Å². The third-order valence-corrected chi connectivity index (χ3v) is 7.05. The molecule has 1 aromatic carbocycles. The predicted octanol–water partition coefficient (Wildman–Crippen LogP) is 4.93. The first-order valence-electron chi connectivity index (χ1n) is 10.1. The molecule has 0 saturated heterocycles. The summed E-state index contributed by atoms with van der Waals surface area (Å²) in [6, 6.07) is 4.79. The second kappa shape index (κ2) is 8.12. The summed E-state index contributed by atoms with van der Waals surface area (Å²) in [5, 5.41) is -0.242. The summed E-state index contributed by atoms with van der Waals surface area (Å²) in [6.07, 6.45) is 1.28. The Kier molecular flexibility index (Phi) is 5.71. The zero-order chi connectivity index (χ0) is 24.1. The smallest absolute Gasteiger partial charge is 0.248 e. The van der Waals surface area contributed by atoms with Gasteiger partial charge in [-0.15, -0.1) is 0 Å². The van der Waals surface area contributed by atoms with Gasteiger partial charge in [0.15, 0.2) is 17.0 Å². The summed E-state index contributed by atoms with van der Waals surface area (Å²) in [5.41, 5.74) is -0.00724. The Balaban J connectivity index is 1.91. The molecule has 3 atom stereocenters. The Labute approximate surface area is 187 Å². The van der Waals surface area contributed by atoms with Crippen LogP contribution in [0.2, 0.25) is 0 Å². The van der Waals surface area contributed by atoms with Crippen LogP contribution >= 0.6 is 0 Å². The molecule has 1 fully saturated rings. The molecule has 33 heavy (non-hydrogen) atoms. The number of aromatic nitrogens is 2. The fourth-order valence-corrected chi connectivity index (χ4v) is 5.43. The molecule has 176 valence electrons. The zero-order valence-corrected chi connectivity index (χ0v) is 18.6. The van der Waals surface area contributed by atoms with Crippen LogP contribution in [0.3, 0.4) is 0 Å². The normalized spacial score (nSPS) is 22.1. The standard InChI is InChI=1S/C22H21F4N3O3S/c1-32-20-12(3-4-14(23)19(20)24)11-5-7-22(25,26)10-13(11)16-9-17(30)18-15(29-16)6-8-28-21(18)33(2,27)31/h3-4,6,8-9,11,13,27H,5,7,10H2,1-2H3,(H,29,30)/t11-,13?,33?/m0/s1. The van der Waals surface area contributed by atoms with Gasteiger partial charge in [-0.1, -0.05) is 6.07 Å². The van der Waals surface area contributed by atoms with Crippen molar-refractivity contribution in [3.05, 3.63) is 63.6 Å². The van der Waals surface area contributed by atoms with Crippen LogP contribution in [-0.2, 0) is 9.73 Å². The maximum absolute atomic E-state index is 14.5. The molecule has 0 bridgehead atoms. The Morgan fingerprint density at radius 3 is 2.64 bits per heavy atom. The maximum atomic E-state index is 14.5. The van der Waals surface area contributed by atoms with E-state index >= 15 is 0 Å². The van der Waals surface area contributed by atoms with Crippen LogP contribution in [-0.4, -0.2) is 33.5 Å². The van der Waals surface area contributed by atoms with Gasteiger partial charge >= 0.3 is 0 Å².